The van der Waals surface area contributed by atoms with Gasteiger partial charge in [0.1, 0.15) is 30.2 Å². The van der Waals surface area contributed by atoms with Gasteiger partial charge in [-0.2, -0.15) is 0 Å². The molecule has 6 rings (SSSR count). The number of ether oxygens (including phenoxy) is 4. The fourth-order valence-electron chi connectivity index (χ4n) is 4.57. The van der Waals surface area contributed by atoms with E-state index >= 15 is 0 Å². The van der Waals surface area contributed by atoms with Crippen LogP contribution in [0.4, 0.5) is 5.69 Å². The number of aliphatic hydroxyl groups is 4. The van der Waals surface area contributed by atoms with Crippen molar-refractivity contribution < 1.29 is 44.2 Å². The molecule has 3 aliphatic rings. The molecule has 1 fully saturated rings. The molecule has 0 saturated carbocycles. The first-order chi connectivity index (χ1) is 15.5. The van der Waals surface area contributed by atoms with Crippen LogP contribution in [0.25, 0.3) is 21.5 Å². The first kappa shape index (κ1) is 19.5. The second-order valence-corrected chi connectivity index (χ2v) is 7.95. The van der Waals surface area contributed by atoms with E-state index < -0.39 is 37.3 Å². The molecular weight excluding hydrogens is 422 g/mol. The largest absolute Gasteiger partial charge is 0.461 e. The molecule has 10 nitrogen and oxygen atoms in total. The Morgan fingerprint density at radius 3 is 2.69 bits per heavy atom. The molecule has 1 amide bonds. The van der Waals surface area contributed by atoms with Gasteiger partial charge in [-0.25, -0.2) is 0 Å². The van der Waals surface area contributed by atoms with Crippen molar-refractivity contribution in [3.63, 3.8) is 0 Å². The van der Waals surface area contributed by atoms with Crippen LogP contribution < -0.4 is 19.5 Å². The van der Waals surface area contributed by atoms with Crippen LogP contribution in [0.2, 0.25) is 0 Å². The Kier molecular flexibility index (Phi) is 4.23. The molecule has 1 saturated heterocycles. The highest BCUT2D eigenvalue weighted by Gasteiger charge is 2.45. The molecule has 3 heterocycles. The first-order valence-corrected chi connectivity index (χ1v) is 10.1. The lowest BCUT2D eigenvalue weighted by molar-refractivity contribution is -0.277. The maximum Gasteiger partial charge on any atom is 0.256 e. The molecule has 0 aromatic heterocycles. The van der Waals surface area contributed by atoms with Gasteiger partial charge in [-0.15, -0.1) is 0 Å². The van der Waals surface area contributed by atoms with Crippen molar-refractivity contribution in [3.05, 3.63) is 35.9 Å². The zero-order chi connectivity index (χ0) is 22.1. The van der Waals surface area contributed by atoms with Gasteiger partial charge >= 0.3 is 0 Å². The van der Waals surface area contributed by atoms with Crippen molar-refractivity contribution in [2.24, 2.45) is 0 Å². The molecule has 0 aliphatic carbocycles. The topological polar surface area (TPSA) is 147 Å². The molecule has 5 N–H and O–H groups in total. The van der Waals surface area contributed by atoms with E-state index in [9.17, 15) is 25.2 Å². The molecule has 166 valence electrons. The van der Waals surface area contributed by atoms with Crippen LogP contribution in [0.3, 0.4) is 0 Å². The van der Waals surface area contributed by atoms with Gasteiger partial charge in [0.05, 0.1) is 17.9 Å². The molecule has 3 aromatic carbocycles. The van der Waals surface area contributed by atoms with E-state index in [1.165, 1.54) is 0 Å². The smallest absolute Gasteiger partial charge is 0.256 e. The van der Waals surface area contributed by atoms with Crippen LogP contribution in [0.15, 0.2) is 30.3 Å². The normalized spacial score (nSPS) is 28.4. The van der Waals surface area contributed by atoms with E-state index in [4.69, 9.17) is 18.9 Å². The Labute approximate surface area is 180 Å². The van der Waals surface area contributed by atoms with Crippen molar-refractivity contribution in [1.82, 2.24) is 0 Å². The van der Waals surface area contributed by atoms with Crippen LogP contribution in [0, 0.1) is 0 Å². The summed E-state index contributed by atoms with van der Waals surface area (Å²) in [5, 5.41) is 45.5. The predicted molar refractivity (Wildman–Crippen MR) is 110 cm³/mol. The van der Waals surface area contributed by atoms with Gasteiger partial charge in [0.25, 0.3) is 5.91 Å². The quantitative estimate of drug-likeness (QED) is 0.366. The Morgan fingerprint density at radius 2 is 1.88 bits per heavy atom. The first-order valence-electron chi connectivity index (χ1n) is 10.1. The fraction of sp³-hybridized carbons (Fsp3) is 0.318. The molecule has 3 aliphatic heterocycles. The minimum absolute atomic E-state index is 0.0439. The number of anilines is 1. The highest BCUT2D eigenvalue weighted by Crippen LogP contribution is 2.50. The van der Waals surface area contributed by atoms with Gasteiger partial charge in [-0.1, -0.05) is 12.1 Å². The van der Waals surface area contributed by atoms with Gasteiger partial charge in [0, 0.05) is 16.2 Å². The summed E-state index contributed by atoms with van der Waals surface area (Å²) in [6.45, 7) is -0.518. The maximum atomic E-state index is 12.5. The monoisotopic (exact) mass is 441 g/mol. The van der Waals surface area contributed by atoms with Crippen LogP contribution in [0.5, 0.6) is 17.2 Å². The zero-order valence-corrected chi connectivity index (χ0v) is 16.5. The molecule has 10 heteroatoms. The van der Waals surface area contributed by atoms with Crippen molar-refractivity contribution in [2.75, 3.05) is 18.7 Å². The SMILES string of the molecule is O=C1Nc2cc3c(O[C@@H]4O[C@H](CO)[C@@H](O)[C@H](O)[C@H]4O)cccc3c3c4c(cc1c23)OCO4. The minimum atomic E-state index is -1.56. The van der Waals surface area contributed by atoms with Crippen molar-refractivity contribution >= 4 is 33.1 Å². The Hall–Kier alpha value is -3.15. The third-order valence-electron chi connectivity index (χ3n) is 6.14. The standard InChI is InChI=1S/C22H19NO9/c24-6-14-17(25)18(26)19(27)22(32-14)31-12-3-1-2-8-9(12)4-11-15-10(21(28)23-11)5-13-20(16(8)15)30-7-29-13/h1-5,14,17-19,22,24-27H,6-7H2,(H,23,28)/t14-,17-,18+,19-,22-/m1/s1. The third-order valence-corrected chi connectivity index (χ3v) is 6.14. The van der Waals surface area contributed by atoms with Gasteiger partial charge in [-0.3, -0.25) is 4.79 Å². The van der Waals surface area contributed by atoms with Crippen LogP contribution >= 0.6 is 0 Å². The summed E-state index contributed by atoms with van der Waals surface area (Å²) in [7, 11) is 0. The van der Waals surface area contributed by atoms with E-state index in [1.54, 1.807) is 24.3 Å². The predicted octanol–water partition coefficient (Wildman–Crippen LogP) is 0.466. The highest BCUT2D eigenvalue weighted by atomic mass is 16.7. The van der Waals surface area contributed by atoms with E-state index in [1.807, 2.05) is 6.07 Å². The second kappa shape index (κ2) is 6.92. The van der Waals surface area contributed by atoms with Gasteiger partial charge in [0.15, 0.2) is 11.5 Å². The summed E-state index contributed by atoms with van der Waals surface area (Å²) in [4.78, 5) is 12.5. The van der Waals surface area contributed by atoms with Gasteiger partial charge in [0.2, 0.25) is 13.1 Å². The Balaban J connectivity index is 1.51. The number of carbonyl (C=O) groups is 1. The molecule has 3 aromatic rings. The summed E-state index contributed by atoms with van der Waals surface area (Å²) in [6.07, 6.45) is -7.03. The number of hydrogen-bond donors (Lipinski definition) is 5. The van der Waals surface area contributed by atoms with Crippen molar-refractivity contribution in [3.8, 4) is 17.2 Å². The number of benzene rings is 3. The summed E-state index contributed by atoms with van der Waals surface area (Å²) in [6, 6.07) is 8.66. The fourth-order valence-corrected chi connectivity index (χ4v) is 4.57. The molecule has 0 spiro atoms. The van der Waals surface area contributed by atoms with Crippen molar-refractivity contribution in [2.45, 2.75) is 30.7 Å². The molecule has 0 bridgehead atoms. The molecule has 0 unspecified atom stereocenters. The van der Waals surface area contributed by atoms with Gasteiger partial charge < -0.3 is 44.7 Å². The number of aliphatic hydroxyl groups excluding tert-OH is 4. The van der Waals surface area contributed by atoms with E-state index in [0.717, 1.165) is 10.8 Å². The number of carbonyl (C=O) groups excluding carboxylic acids is 1. The lowest BCUT2D eigenvalue weighted by Crippen LogP contribution is -2.60. The van der Waals surface area contributed by atoms with Gasteiger partial charge in [-0.05, 0) is 23.6 Å². The number of fused-ring (bicyclic) bond motifs is 4. The average molecular weight is 441 g/mol. The molecular formula is C22H19NO9. The van der Waals surface area contributed by atoms with E-state index in [-0.39, 0.29) is 12.7 Å². The number of amides is 1. The summed E-state index contributed by atoms with van der Waals surface area (Å²) < 4.78 is 22.6. The Morgan fingerprint density at radius 1 is 1.03 bits per heavy atom. The minimum Gasteiger partial charge on any atom is -0.461 e. The lowest BCUT2D eigenvalue weighted by atomic mass is 9.96. The third kappa shape index (κ3) is 2.61. The van der Waals surface area contributed by atoms with Crippen molar-refractivity contribution in [1.29, 1.82) is 0 Å². The summed E-state index contributed by atoms with van der Waals surface area (Å²) in [5.41, 5.74) is 1.07. The van der Waals surface area contributed by atoms with E-state index in [0.29, 0.717) is 39.3 Å². The summed E-state index contributed by atoms with van der Waals surface area (Å²) in [5.74, 6) is 1.06. The Bertz CT molecular complexity index is 1270. The summed E-state index contributed by atoms with van der Waals surface area (Å²) >= 11 is 0. The molecule has 5 atom stereocenters. The molecule has 0 radical (unpaired) electrons. The van der Waals surface area contributed by atoms with Crippen LogP contribution in [0.1, 0.15) is 10.4 Å². The lowest BCUT2D eigenvalue weighted by Gasteiger charge is -2.39. The number of hydrogen-bond acceptors (Lipinski definition) is 9. The van der Waals surface area contributed by atoms with Crippen LogP contribution in [-0.2, 0) is 4.74 Å². The second-order valence-electron chi connectivity index (χ2n) is 7.95. The zero-order valence-electron chi connectivity index (χ0n) is 16.5. The highest BCUT2D eigenvalue weighted by molar-refractivity contribution is 6.31. The van der Waals surface area contributed by atoms with E-state index in [2.05, 4.69) is 5.32 Å². The molecule has 32 heavy (non-hydrogen) atoms. The maximum absolute atomic E-state index is 12.5. The number of rotatable bonds is 3. The number of nitrogens with one attached hydrogen (secondary N) is 1. The average Bonchev–Trinajstić information content (AvgIpc) is 3.39. The van der Waals surface area contributed by atoms with Crippen LogP contribution in [-0.4, -0.2) is 70.4 Å².